The average molecular weight is 381 g/mol. The first-order valence-electron chi connectivity index (χ1n) is 8.67. The lowest BCUT2D eigenvalue weighted by molar-refractivity contribution is 0.0940. The SMILES string of the molecule is Cc1cc(C)nc(Nc2ccccc2C(=O)N[C@H](C)c2ccc(Cl)cc2)n1. The zero-order valence-electron chi connectivity index (χ0n) is 15.5. The van der Waals surface area contributed by atoms with Crippen LogP contribution in [0.15, 0.2) is 54.6 Å². The molecule has 1 amide bonds. The number of nitrogens with one attached hydrogen (secondary N) is 2. The molecule has 3 rings (SSSR count). The van der Waals surface area contributed by atoms with E-state index >= 15 is 0 Å². The molecule has 5 nitrogen and oxygen atoms in total. The van der Waals surface area contributed by atoms with E-state index in [4.69, 9.17) is 11.6 Å². The van der Waals surface area contributed by atoms with Crippen molar-refractivity contribution in [3.8, 4) is 0 Å². The fraction of sp³-hybridized carbons (Fsp3) is 0.190. The summed E-state index contributed by atoms with van der Waals surface area (Å²) in [6.45, 7) is 5.75. The molecule has 1 atom stereocenters. The van der Waals surface area contributed by atoms with Gasteiger partial charge >= 0.3 is 0 Å². The van der Waals surface area contributed by atoms with Crippen LogP contribution in [-0.2, 0) is 0 Å². The third-order valence-corrected chi connectivity index (χ3v) is 4.37. The van der Waals surface area contributed by atoms with Gasteiger partial charge < -0.3 is 10.6 Å². The molecule has 2 N–H and O–H groups in total. The molecule has 0 fully saturated rings. The summed E-state index contributed by atoms with van der Waals surface area (Å²) in [5, 5.41) is 6.84. The monoisotopic (exact) mass is 380 g/mol. The minimum atomic E-state index is -0.176. The first-order valence-corrected chi connectivity index (χ1v) is 9.05. The Bertz CT molecular complexity index is 936. The Morgan fingerprint density at radius 1 is 1.00 bits per heavy atom. The number of nitrogens with zero attached hydrogens (tertiary/aromatic N) is 2. The van der Waals surface area contributed by atoms with Crippen molar-refractivity contribution in [3.05, 3.63) is 82.1 Å². The Kier molecular flexibility index (Phi) is 5.72. The van der Waals surface area contributed by atoms with Gasteiger partial charge in [-0.05, 0) is 56.7 Å². The molecule has 0 spiro atoms. The highest BCUT2D eigenvalue weighted by molar-refractivity contribution is 6.30. The molecule has 6 heteroatoms. The zero-order chi connectivity index (χ0) is 19.4. The summed E-state index contributed by atoms with van der Waals surface area (Å²) >= 11 is 5.93. The molecule has 1 aromatic heterocycles. The van der Waals surface area contributed by atoms with Crippen molar-refractivity contribution < 1.29 is 4.79 Å². The van der Waals surface area contributed by atoms with Gasteiger partial charge in [-0.3, -0.25) is 4.79 Å². The van der Waals surface area contributed by atoms with Crippen LogP contribution in [0, 0.1) is 13.8 Å². The third kappa shape index (κ3) is 4.83. The number of aryl methyl sites for hydroxylation is 2. The predicted octanol–water partition coefficient (Wildman–Crippen LogP) is 4.98. The number of amides is 1. The van der Waals surface area contributed by atoms with Gasteiger partial charge in [-0.25, -0.2) is 9.97 Å². The van der Waals surface area contributed by atoms with Crippen LogP contribution in [0.4, 0.5) is 11.6 Å². The fourth-order valence-electron chi connectivity index (χ4n) is 2.80. The molecule has 0 unspecified atom stereocenters. The van der Waals surface area contributed by atoms with Gasteiger partial charge in [-0.1, -0.05) is 35.9 Å². The second-order valence-corrected chi connectivity index (χ2v) is 6.83. The molecular weight excluding hydrogens is 360 g/mol. The molecule has 1 heterocycles. The Hall–Kier alpha value is -2.92. The van der Waals surface area contributed by atoms with Gasteiger partial charge in [0.05, 0.1) is 17.3 Å². The van der Waals surface area contributed by atoms with Gasteiger partial charge in [-0.2, -0.15) is 0 Å². The summed E-state index contributed by atoms with van der Waals surface area (Å²) in [5.41, 5.74) is 3.90. The van der Waals surface area contributed by atoms with E-state index in [2.05, 4.69) is 20.6 Å². The zero-order valence-corrected chi connectivity index (χ0v) is 16.2. The normalized spacial score (nSPS) is 11.7. The number of carbonyl (C=O) groups excluding carboxylic acids is 1. The topological polar surface area (TPSA) is 66.9 Å². The number of halogens is 1. The maximum absolute atomic E-state index is 12.8. The fourth-order valence-corrected chi connectivity index (χ4v) is 2.93. The van der Waals surface area contributed by atoms with Gasteiger partial charge in [0.15, 0.2) is 0 Å². The van der Waals surface area contributed by atoms with Crippen LogP contribution in [-0.4, -0.2) is 15.9 Å². The predicted molar refractivity (Wildman–Crippen MR) is 109 cm³/mol. The molecule has 0 radical (unpaired) electrons. The van der Waals surface area contributed by atoms with Gasteiger partial charge in [0, 0.05) is 16.4 Å². The summed E-state index contributed by atoms with van der Waals surface area (Å²) in [5.74, 6) is 0.295. The van der Waals surface area contributed by atoms with E-state index in [9.17, 15) is 4.79 Å². The molecule has 0 saturated heterocycles. The molecule has 0 saturated carbocycles. The van der Waals surface area contributed by atoms with Gasteiger partial charge in [0.1, 0.15) is 0 Å². The Labute approximate surface area is 163 Å². The van der Waals surface area contributed by atoms with Crippen molar-refractivity contribution in [1.82, 2.24) is 15.3 Å². The van der Waals surface area contributed by atoms with Crippen molar-refractivity contribution in [2.45, 2.75) is 26.8 Å². The number of anilines is 2. The van der Waals surface area contributed by atoms with Crippen molar-refractivity contribution in [2.24, 2.45) is 0 Å². The van der Waals surface area contributed by atoms with E-state index in [1.807, 2.05) is 69.3 Å². The van der Waals surface area contributed by atoms with Gasteiger partial charge in [-0.15, -0.1) is 0 Å². The second kappa shape index (κ2) is 8.18. The van der Waals surface area contributed by atoms with E-state index in [0.29, 0.717) is 22.2 Å². The second-order valence-electron chi connectivity index (χ2n) is 6.39. The molecular formula is C21H21ClN4O. The lowest BCUT2D eigenvalue weighted by Crippen LogP contribution is -2.27. The number of carbonyl (C=O) groups is 1. The summed E-state index contributed by atoms with van der Waals surface area (Å²) in [6, 6.07) is 16.5. The Morgan fingerprint density at radius 2 is 1.63 bits per heavy atom. The summed E-state index contributed by atoms with van der Waals surface area (Å²) in [6.07, 6.45) is 0. The first kappa shape index (κ1) is 18.9. The average Bonchev–Trinajstić information content (AvgIpc) is 2.61. The quantitative estimate of drug-likeness (QED) is 0.655. The molecule has 2 aromatic carbocycles. The van der Waals surface area contributed by atoms with E-state index in [1.165, 1.54) is 0 Å². The molecule has 0 bridgehead atoms. The molecule has 0 aliphatic heterocycles. The minimum Gasteiger partial charge on any atom is -0.345 e. The highest BCUT2D eigenvalue weighted by atomic mass is 35.5. The van der Waals surface area contributed by atoms with Crippen molar-refractivity contribution in [3.63, 3.8) is 0 Å². The van der Waals surface area contributed by atoms with E-state index in [0.717, 1.165) is 17.0 Å². The summed E-state index contributed by atoms with van der Waals surface area (Å²) < 4.78 is 0. The van der Waals surface area contributed by atoms with Gasteiger partial charge in [0.2, 0.25) is 5.95 Å². The Balaban J connectivity index is 1.80. The van der Waals surface area contributed by atoms with Crippen LogP contribution >= 0.6 is 11.6 Å². The van der Waals surface area contributed by atoms with Crippen molar-refractivity contribution >= 4 is 29.1 Å². The maximum Gasteiger partial charge on any atom is 0.253 e. The Morgan fingerprint density at radius 3 is 2.30 bits per heavy atom. The van der Waals surface area contributed by atoms with Crippen molar-refractivity contribution in [2.75, 3.05) is 5.32 Å². The van der Waals surface area contributed by atoms with Crippen LogP contribution < -0.4 is 10.6 Å². The summed E-state index contributed by atoms with van der Waals surface area (Å²) in [4.78, 5) is 21.6. The number of benzene rings is 2. The largest absolute Gasteiger partial charge is 0.345 e. The highest BCUT2D eigenvalue weighted by Gasteiger charge is 2.15. The van der Waals surface area contributed by atoms with E-state index in [1.54, 1.807) is 6.07 Å². The smallest absolute Gasteiger partial charge is 0.253 e. The standard InChI is InChI=1S/C21H21ClN4O/c1-13-12-14(2)24-21(23-13)26-19-7-5-4-6-18(19)20(27)25-15(3)16-8-10-17(22)11-9-16/h4-12,15H,1-3H3,(H,25,27)(H,23,24,26)/t15-/m1/s1. The number of para-hydroxylation sites is 1. The third-order valence-electron chi connectivity index (χ3n) is 4.12. The highest BCUT2D eigenvalue weighted by Crippen LogP contribution is 2.21. The lowest BCUT2D eigenvalue weighted by Gasteiger charge is -2.16. The van der Waals surface area contributed by atoms with Crippen LogP contribution in [0.3, 0.4) is 0 Å². The maximum atomic E-state index is 12.8. The lowest BCUT2D eigenvalue weighted by atomic mass is 10.1. The van der Waals surface area contributed by atoms with Crippen LogP contribution in [0.2, 0.25) is 5.02 Å². The molecule has 27 heavy (non-hydrogen) atoms. The first-order chi connectivity index (χ1) is 12.9. The van der Waals surface area contributed by atoms with Gasteiger partial charge in [0.25, 0.3) is 5.91 Å². The van der Waals surface area contributed by atoms with Crippen LogP contribution in [0.1, 0.15) is 40.3 Å². The number of hydrogen-bond acceptors (Lipinski definition) is 4. The molecule has 3 aromatic rings. The summed E-state index contributed by atoms with van der Waals surface area (Å²) in [7, 11) is 0. The van der Waals surface area contributed by atoms with Crippen molar-refractivity contribution in [1.29, 1.82) is 0 Å². The number of hydrogen-bond donors (Lipinski definition) is 2. The number of rotatable bonds is 5. The molecule has 138 valence electrons. The minimum absolute atomic E-state index is 0.153. The van der Waals surface area contributed by atoms with Crippen LogP contribution in [0.25, 0.3) is 0 Å². The number of aromatic nitrogens is 2. The molecule has 0 aliphatic carbocycles. The van der Waals surface area contributed by atoms with E-state index in [-0.39, 0.29) is 11.9 Å². The molecule has 0 aliphatic rings. The van der Waals surface area contributed by atoms with Crippen LogP contribution in [0.5, 0.6) is 0 Å². The van der Waals surface area contributed by atoms with E-state index < -0.39 is 0 Å².